The maximum absolute atomic E-state index is 13.5. The molecule has 2 rings (SSSR count). The number of halogens is 1. The summed E-state index contributed by atoms with van der Waals surface area (Å²) < 4.78 is 23.8. The molecule has 1 aromatic carbocycles. The minimum Gasteiger partial charge on any atom is -0.461 e. The topological polar surface area (TPSA) is 64.2 Å². The first-order valence-electron chi connectivity index (χ1n) is 6.18. The number of aromatic amines is 1. The van der Waals surface area contributed by atoms with Crippen molar-refractivity contribution >= 4 is 5.97 Å². The summed E-state index contributed by atoms with van der Waals surface area (Å²) in [6.07, 6.45) is 0. The highest BCUT2D eigenvalue weighted by Crippen LogP contribution is 2.25. The lowest BCUT2D eigenvalue weighted by molar-refractivity contribution is 0.0519. The van der Waals surface area contributed by atoms with Crippen LogP contribution < -0.4 is 4.74 Å². The van der Waals surface area contributed by atoms with E-state index in [0.717, 1.165) is 0 Å². The average Bonchev–Trinajstić information content (AvgIpc) is 2.85. The van der Waals surface area contributed by atoms with E-state index in [1.165, 1.54) is 6.07 Å². The van der Waals surface area contributed by atoms with Crippen molar-refractivity contribution in [1.82, 2.24) is 10.2 Å². The molecule has 20 heavy (non-hydrogen) atoms. The predicted octanol–water partition coefficient (Wildman–Crippen LogP) is 3.13. The van der Waals surface area contributed by atoms with Gasteiger partial charge in [-0.25, -0.2) is 9.18 Å². The van der Waals surface area contributed by atoms with Gasteiger partial charge < -0.3 is 9.47 Å². The van der Waals surface area contributed by atoms with Gasteiger partial charge in [-0.15, -0.1) is 5.10 Å². The highest BCUT2D eigenvalue weighted by molar-refractivity contribution is 5.87. The van der Waals surface area contributed by atoms with Crippen molar-refractivity contribution in [3.05, 3.63) is 40.8 Å². The molecule has 0 spiro atoms. The lowest BCUT2D eigenvalue weighted by Gasteiger charge is -2.06. The Bertz CT molecular complexity index is 614. The monoisotopic (exact) mass is 278 g/mol. The number of esters is 1. The molecule has 0 aliphatic heterocycles. The van der Waals surface area contributed by atoms with Crippen LogP contribution in [-0.2, 0) is 4.74 Å². The van der Waals surface area contributed by atoms with Crippen LogP contribution >= 0.6 is 0 Å². The van der Waals surface area contributed by atoms with E-state index in [1.54, 1.807) is 32.9 Å². The number of benzene rings is 1. The van der Waals surface area contributed by atoms with E-state index in [-0.39, 0.29) is 24.0 Å². The molecule has 0 aliphatic rings. The van der Waals surface area contributed by atoms with Crippen LogP contribution in [0.15, 0.2) is 18.2 Å². The summed E-state index contributed by atoms with van der Waals surface area (Å²) in [6.45, 7) is 5.31. The van der Waals surface area contributed by atoms with Gasteiger partial charge in [0, 0.05) is 6.07 Å². The van der Waals surface area contributed by atoms with E-state index in [9.17, 15) is 9.18 Å². The number of ether oxygens (including phenoxy) is 2. The summed E-state index contributed by atoms with van der Waals surface area (Å²) in [5, 5.41) is 6.38. The molecule has 5 nitrogen and oxygen atoms in total. The molecule has 0 fully saturated rings. The molecule has 0 saturated heterocycles. The first-order chi connectivity index (χ1) is 9.51. The third kappa shape index (κ3) is 2.96. The largest absolute Gasteiger partial charge is 0.461 e. The Morgan fingerprint density at radius 2 is 1.95 bits per heavy atom. The Balaban J connectivity index is 2.17. The third-order valence-electron chi connectivity index (χ3n) is 2.68. The van der Waals surface area contributed by atoms with Crippen molar-refractivity contribution in [2.24, 2.45) is 0 Å². The summed E-state index contributed by atoms with van der Waals surface area (Å²) in [5.74, 6) is -0.0744. The molecule has 106 valence electrons. The Morgan fingerprint density at radius 1 is 1.30 bits per heavy atom. The minimum atomic E-state index is -0.499. The van der Waals surface area contributed by atoms with Gasteiger partial charge in [0.25, 0.3) is 0 Å². The fourth-order valence-electron chi connectivity index (χ4n) is 1.75. The Hall–Kier alpha value is -2.37. The first kappa shape index (κ1) is 14.0. The van der Waals surface area contributed by atoms with E-state index in [4.69, 9.17) is 9.47 Å². The predicted molar refractivity (Wildman–Crippen MR) is 70.5 cm³/mol. The van der Waals surface area contributed by atoms with E-state index < -0.39 is 5.97 Å². The van der Waals surface area contributed by atoms with Gasteiger partial charge in [0.15, 0.2) is 0 Å². The Kier molecular flexibility index (Phi) is 4.02. The van der Waals surface area contributed by atoms with E-state index in [1.807, 2.05) is 0 Å². The molecule has 0 bridgehead atoms. The van der Waals surface area contributed by atoms with E-state index in [0.29, 0.717) is 16.9 Å². The number of aromatic nitrogens is 2. The highest BCUT2D eigenvalue weighted by atomic mass is 19.1. The second-order valence-corrected chi connectivity index (χ2v) is 4.31. The van der Waals surface area contributed by atoms with Crippen molar-refractivity contribution in [2.45, 2.75) is 20.8 Å². The van der Waals surface area contributed by atoms with Gasteiger partial charge in [0.1, 0.15) is 17.3 Å². The second kappa shape index (κ2) is 5.73. The third-order valence-corrected chi connectivity index (χ3v) is 2.68. The molecule has 0 aliphatic carbocycles. The number of rotatable bonds is 4. The number of hydrogen-bond donors (Lipinski definition) is 1. The van der Waals surface area contributed by atoms with E-state index in [2.05, 4.69) is 10.2 Å². The minimum absolute atomic E-state index is 0.206. The van der Waals surface area contributed by atoms with Crippen LogP contribution in [0.1, 0.15) is 28.5 Å². The molecule has 2 aromatic rings. The first-order valence-corrected chi connectivity index (χ1v) is 6.18. The van der Waals surface area contributed by atoms with Crippen molar-refractivity contribution in [3.8, 4) is 11.6 Å². The molecule has 1 heterocycles. The average molecular weight is 278 g/mol. The van der Waals surface area contributed by atoms with Gasteiger partial charge in [-0.1, -0.05) is 0 Å². The number of carbonyl (C=O) groups is 1. The molecule has 0 atom stereocenters. The Labute approximate surface area is 115 Å². The van der Waals surface area contributed by atoms with Crippen molar-refractivity contribution in [3.63, 3.8) is 0 Å². The fourth-order valence-corrected chi connectivity index (χ4v) is 1.75. The zero-order chi connectivity index (χ0) is 14.7. The molecular weight excluding hydrogens is 263 g/mol. The van der Waals surface area contributed by atoms with Crippen LogP contribution in [0.25, 0.3) is 0 Å². The fraction of sp³-hybridized carbons (Fsp3) is 0.286. The summed E-state index contributed by atoms with van der Waals surface area (Å²) >= 11 is 0. The zero-order valence-corrected chi connectivity index (χ0v) is 11.5. The number of aryl methyl sites for hydroxylation is 2. The van der Waals surface area contributed by atoms with Crippen LogP contribution in [0.3, 0.4) is 0 Å². The van der Waals surface area contributed by atoms with Gasteiger partial charge in [0.05, 0.1) is 6.61 Å². The quantitative estimate of drug-likeness (QED) is 0.873. The maximum atomic E-state index is 13.5. The smallest absolute Gasteiger partial charge is 0.356 e. The van der Waals surface area contributed by atoms with Crippen LogP contribution in [0.5, 0.6) is 11.6 Å². The molecular formula is C14H15FN2O3. The Morgan fingerprint density at radius 3 is 2.55 bits per heavy atom. The number of nitrogens with zero attached hydrogens (tertiary/aromatic N) is 1. The number of hydrogen-bond acceptors (Lipinski definition) is 4. The maximum Gasteiger partial charge on any atom is 0.356 e. The van der Waals surface area contributed by atoms with Crippen LogP contribution in [0.2, 0.25) is 0 Å². The van der Waals surface area contributed by atoms with Gasteiger partial charge in [0.2, 0.25) is 5.88 Å². The lowest BCUT2D eigenvalue weighted by Crippen LogP contribution is -2.04. The van der Waals surface area contributed by atoms with Crippen LogP contribution in [-0.4, -0.2) is 22.8 Å². The number of nitrogens with one attached hydrogen (secondary N) is 1. The molecule has 1 N–H and O–H groups in total. The number of carbonyl (C=O) groups excluding carboxylic acids is 1. The van der Waals surface area contributed by atoms with Crippen molar-refractivity contribution in [1.29, 1.82) is 0 Å². The molecule has 0 radical (unpaired) electrons. The van der Waals surface area contributed by atoms with Crippen LogP contribution in [0, 0.1) is 19.7 Å². The van der Waals surface area contributed by atoms with Gasteiger partial charge in [-0.2, -0.15) is 0 Å². The van der Waals surface area contributed by atoms with Crippen molar-refractivity contribution in [2.75, 3.05) is 6.61 Å². The SMILES string of the molecule is CCOC(=O)c1cc(Oc2cc(C)c(F)c(C)c2)n[nH]1. The van der Waals surface area contributed by atoms with E-state index >= 15 is 0 Å². The summed E-state index contributed by atoms with van der Waals surface area (Å²) in [5.41, 5.74) is 1.18. The normalized spacial score (nSPS) is 10.4. The highest BCUT2D eigenvalue weighted by Gasteiger charge is 2.12. The summed E-state index contributed by atoms with van der Waals surface area (Å²) in [6, 6.07) is 4.58. The molecule has 0 unspecified atom stereocenters. The second-order valence-electron chi connectivity index (χ2n) is 4.31. The molecule has 1 aromatic heterocycles. The van der Waals surface area contributed by atoms with Crippen LogP contribution in [0.4, 0.5) is 4.39 Å². The van der Waals surface area contributed by atoms with Gasteiger partial charge in [-0.3, -0.25) is 5.10 Å². The lowest BCUT2D eigenvalue weighted by atomic mass is 10.1. The molecule has 0 amide bonds. The summed E-state index contributed by atoms with van der Waals surface area (Å²) in [7, 11) is 0. The molecule has 0 saturated carbocycles. The number of H-pyrrole nitrogens is 1. The summed E-state index contributed by atoms with van der Waals surface area (Å²) in [4.78, 5) is 11.5. The molecule has 6 heteroatoms. The standard InChI is InChI=1S/C14H15FN2O3/c1-4-19-14(18)11-7-12(17-16-11)20-10-5-8(2)13(15)9(3)6-10/h5-7H,4H2,1-3H3,(H,16,17). The van der Waals surface area contributed by atoms with Gasteiger partial charge in [-0.05, 0) is 44.0 Å². The zero-order valence-electron chi connectivity index (χ0n) is 11.5. The van der Waals surface area contributed by atoms with Crippen molar-refractivity contribution < 1.29 is 18.7 Å². The van der Waals surface area contributed by atoms with Gasteiger partial charge >= 0.3 is 5.97 Å².